The van der Waals surface area contributed by atoms with E-state index in [1.807, 2.05) is 45.2 Å². The normalized spacial score (nSPS) is 15.3. The SMILES string of the molecule is O=C(O)COc1c(I)cc(/C=C2\C(=O)NC(=S)N(c3cccc(Cl)c3Cl)C2=O)cc1I. The minimum Gasteiger partial charge on any atom is -0.480 e. The Hall–Kier alpha value is -1.48. The predicted octanol–water partition coefficient (Wildman–Crippen LogP) is 4.50. The minimum atomic E-state index is -1.10. The number of carboxylic acids is 1. The molecule has 2 aromatic rings. The molecule has 0 aliphatic carbocycles. The number of halogens is 4. The van der Waals surface area contributed by atoms with Crippen LogP contribution >= 0.6 is 80.6 Å². The Morgan fingerprint density at radius 3 is 2.48 bits per heavy atom. The highest BCUT2D eigenvalue weighted by molar-refractivity contribution is 14.1. The first kappa shape index (κ1) is 24.2. The van der Waals surface area contributed by atoms with Gasteiger partial charge in [-0.25, -0.2) is 4.79 Å². The van der Waals surface area contributed by atoms with Crippen molar-refractivity contribution in [2.24, 2.45) is 0 Å². The molecule has 1 aliphatic rings. The Bertz CT molecular complexity index is 1150. The quantitative estimate of drug-likeness (QED) is 0.206. The molecule has 0 saturated carbocycles. The number of amides is 2. The van der Waals surface area contributed by atoms with E-state index >= 15 is 0 Å². The van der Waals surface area contributed by atoms with Gasteiger partial charge in [-0.05, 0) is 93.3 Å². The zero-order valence-corrected chi connectivity index (χ0v) is 21.8. The summed E-state index contributed by atoms with van der Waals surface area (Å²) in [5.41, 5.74) is 0.632. The highest BCUT2D eigenvalue weighted by Crippen LogP contribution is 2.35. The van der Waals surface area contributed by atoms with Crippen molar-refractivity contribution in [3.8, 4) is 5.75 Å². The van der Waals surface area contributed by atoms with Gasteiger partial charge >= 0.3 is 5.97 Å². The molecule has 0 atom stereocenters. The molecule has 160 valence electrons. The van der Waals surface area contributed by atoms with Crippen molar-refractivity contribution in [3.05, 3.63) is 58.7 Å². The van der Waals surface area contributed by atoms with Gasteiger partial charge in [0.15, 0.2) is 11.7 Å². The molecule has 2 amide bonds. The summed E-state index contributed by atoms with van der Waals surface area (Å²) in [6.07, 6.45) is 1.41. The number of rotatable bonds is 5. The van der Waals surface area contributed by atoms with Crippen LogP contribution in [0.3, 0.4) is 0 Å². The molecule has 0 unspecified atom stereocenters. The van der Waals surface area contributed by atoms with Crippen molar-refractivity contribution in [3.63, 3.8) is 0 Å². The van der Waals surface area contributed by atoms with Crippen LogP contribution in [0.15, 0.2) is 35.9 Å². The molecule has 1 heterocycles. The molecule has 0 spiro atoms. The molecule has 1 fully saturated rings. The van der Waals surface area contributed by atoms with Gasteiger partial charge < -0.3 is 9.84 Å². The van der Waals surface area contributed by atoms with Gasteiger partial charge in [-0.3, -0.25) is 19.8 Å². The molecule has 1 saturated heterocycles. The third-order valence-electron chi connectivity index (χ3n) is 3.95. The highest BCUT2D eigenvalue weighted by Gasteiger charge is 2.35. The number of carboxylic acid groups (broad SMARTS) is 1. The first-order valence-corrected chi connectivity index (χ1v) is 11.6. The molecule has 1 aliphatic heterocycles. The van der Waals surface area contributed by atoms with Crippen LogP contribution in [-0.4, -0.2) is 34.6 Å². The number of carbonyl (C=O) groups excluding carboxylic acids is 2. The van der Waals surface area contributed by atoms with Crippen LogP contribution in [0.25, 0.3) is 6.08 Å². The number of hydrogen-bond donors (Lipinski definition) is 2. The Labute approximate surface area is 219 Å². The maximum Gasteiger partial charge on any atom is 0.341 e. The summed E-state index contributed by atoms with van der Waals surface area (Å²) in [6.45, 7) is -0.486. The zero-order chi connectivity index (χ0) is 22.9. The molecule has 0 aromatic heterocycles. The molecule has 0 bridgehead atoms. The average molecular weight is 703 g/mol. The fourth-order valence-electron chi connectivity index (χ4n) is 2.64. The Kier molecular flexibility index (Phi) is 7.78. The van der Waals surface area contributed by atoms with E-state index in [1.165, 1.54) is 6.08 Å². The van der Waals surface area contributed by atoms with Crippen molar-refractivity contribution in [2.45, 2.75) is 0 Å². The van der Waals surface area contributed by atoms with Crippen molar-refractivity contribution in [2.75, 3.05) is 11.5 Å². The summed E-state index contributed by atoms with van der Waals surface area (Å²) in [6, 6.07) is 8.07. The number of anilines is 1. The van der Waals surface area contributed by atoms with E-state index in [-0.39, 0.29) is 26.4 Å². The van der Waals surface area contributed by atoms with E-state index < -0.39 is 24.4 Å². The van der Waals surface area contributed by atoms with E-state index in [9.17, 15) is 14.4 Å². The Morgan fingerprint density at radius 1 is 1.23 bits per heavy atom. The second kappa shape index (κ2) is 9.98. The van der Waals surface area contributed by atoms with Crippen LogP contribution < -0.4 is 15.0 Å². The van der Waals surface area contributed by atoms with Crippen LogP contribution in [0, 0.1) is 7.14 Å². The fraction of sp³-hybridized carbons (Fsp3) is 0.0526. The van der Waals surface area contributed by atoms with Crippen LogP contribution in [0.5, 0.6) is 5.75 Å². The number of hydrogen-bond acceptors (Lipinski definition) is 5. The van der Waals surface area contributed by atoms with Gasteiger partial charge in [0.2, 0.25) is 0 Å². The first-order chi connectivity index (χ1) is 14.6. The lowest BCUT2D eigenvalue weighted by Gasteiger charge is -2.29. The van der Waals surface area contributed by atoms with Gasteiger partial charge in [0.1, 0.15) is 11.3 Å². The average Bonchev–Trinajstić information content (AvgIpc) is 2.67. The molecular weight excluding hydrogens is 693 g/mol. The van der Waals surface area contributed by atoms with E-state index in [2.05, 4.69) is 5.32 Å². The van der Waals surface area contributed by atoms with E-state index in [0.717, 1.165) is 4.90 Å². The molecule has 3 rings (SSSR count). The van der Waals surface area contributed by atoms with Gasteiger partial charge in [-0.1, -0.05) is 29.3 Å². The maximum atomic E-state index is 13.1. The van der Waals surface area contributed by atoms with Crippen LogP contribution in [0.4, 0.5) is 5.69 Å². The van der Waals surface area contributed by atoms with Gasteiger partial charge in [-0.15, -0.1) is 0 Å². The fourth-order valence-corrected chi connectivity index (χ4v) is 5.42. The number of nitrogens with one attached hydrogen (secondary N) is 1. The number of carbonyl (C=O) groups is 3. The topological polar surface area (TPSA) is 95.9 Å². The van der Waals surface area contributed by atoms with E-state index in [1.54, 1.807) is 30.3 Å². The molecule has 7 nitrogen and oxygen atoms in total. The standard InChI is InChI=1S/C19H10Cl2I2N2O5S/c20-10-2-1-3-13(15(10)21)25-18(29)9(17(28)24-19(25)31)4-8-5-11(22)16(12(23)6-8)30-7-14(26)27/h1-6H,7H2,(H,26,27)(H,24,28,31)/b9-4+. The number of thiocarbonyl (C=S) groups is 1. The summed E-state index contributed by atoms with van der Waals surface area (Å²) in [5.74, 6) is -2.01. The monoisotopic (exact) mass is 702 g/mol. The third kappa shape index (κ3) is 5.30. The van der Waals surface area contributed by atoms with Gasteiger partial charge in [0, 0.05) is 0 Å². The minimum absolute atomic E-state index is 0.113. The van der Waals surface area contributed by atoms with Crippen molar-refractivity contribution < 1.29 is 24.2 Å². The molecular formula is C19H10Cl2I2N2O5S. The highest BCUT2D eigenvalue weighted by atomic mass is 127. The third-order valence-corrected chi connectivity index (χ3v) is 6.64. The summed E-state index contributed by atoms with van der Waals surface area (Å²) < 4.78 is 6.53. The summed E-state index contributed by atoms with van der Waals surface area (Å²) in [4.78, 5) is 37.5. The van der Waals surface area contributed by atoms with Crippen LogP contribution in [-0.2, 0) is 14.4 Å². The predicted molar refractivity (Wildman–Crippen MR) is 138 cm³/mol. The number of benzene rings is 2. The van der Waals surface area contributed by atoms with E-state index in [4.69, 9.17) is 45.3 Å². The molecule has 31 heavy (non-hydrogen) atoms. The molecule has 12 heteroatoms. The molecule has 2 N–H and O–H groups in total. The number of nitrogens with zero attached hydrogens (tertiary/aromatic N) is 1. The Balaban J connectivity index is 2.00. The van der Waals surface area contributed by atoms with Gasteiger partial charge in [0.05, 0.1) is 22.9 Å². The lowest BCUT2D eigenvalue weighted by Crippen LogP contribution is -2.54. The van der Waals surface area contributed by atoms with E-state index in [0.29, 0.717) is 18.5 Å². The van der Waals surface area contributed by atoms with Crippen LogP contribution in [0.2, 0.25) is 10.0 Å². The van der Waals surface area contributed by atoms with Crippen molar-refractivity contribution in [1.82, 2.24) is 5.32 Å². The number of aliphatic carboxylic acids is 1. The summed E-state index contributed by atoms with van der Waals surface area (Å²) >= 11 is 21.4. The van der Waals surface area contributed by atoms with Gasteiger partial charge in [-0.2, -0.15) is 0 Å². The first-order valence-electron chi connectivity index (χ1n) is 8.29. The Morgan fingerprint density at radius 2 is 1.87 bits per heavy atom. The summed E-state index contributed by atoms with van der Waals surface area (Å²) in [7, 11) is 0. The van der Waals surface area contributed by atoms with Crippen LogP contribution in [0.1, 0.15) is 5.56 Å². The van der Waals surface area contributed by atoms with Gasteiger partial charge in [0.25, 0.3) is 11.8 Å². The van der Waals surface area contributed by atoms with Crippen molar-refractivity contribution in [1.29, 1.82) is 0 Å². The molecule has 2 aromatic carbocycles. The second-order valence-corrected chi connectivity index (χ2v) is 9.52. The zero-order valence-electron chi connectivity index (χ0n) is 15.1. The second-order valence-electron chi connectivity index (χ2n) is 6.03. The van der Waals surface area contributed by atoms with Crippen molar-refractivity contribution >= 4 is 115 Å². The maximum absolute atomic E-state index is 13.1. The lowest BCUT2D eigenvalue weighted by atomic mass is 10.1. The number of ether oxygens (including phenoxy) is 1. The largest absolute Gasteiger partial charge is 0.480 e. The lowest BCUT2D eigenvalue weighted by molar-refractivity contribution is -0.139. The smallest absolute Gasteiger partial charge is 0.341 e. The molecule has 0 radical (unpaired) electrons. The summed E-state index contributed by atoms with van der Waals surface area (Å²) in [5, 5.41) is 11.5.